The second-order valence-corrected chi connectivity index (χ2v) is 10.6. The molecule has 0 aliphatic heterocycles. The quantitative estimate of drug-likeness (QED) is 0.211. The molecule has 0 saturated heterocycles. The highest BCUT2D eigenvalue weighted by atomic mass is 35.5. The van der Waals surface area contributed by atoms with Gasteiger partial charge in [0.05, 0.1) is 18.7 Å². The second kappa shape index (κ2) is 12.4. The van der Waals surface area contributed by atoms with Crippen molar-refractivity contribution in [3.8, 4) is 0 Å². The molecule has 4 aromatic rings. The summed E-state index contributed by atoms with van der Waals surface area (Å²) in [5.41, 5.74) is 3.97. The zero-order valence-electron chi connectivity index (χ0n) is 21.9. The molecule has 8 heteroatoms. The van der Waals surface area contributed by atoms with Crippen LogP contribution in [0.1, 0.15) is 37.5 Å². The summed E-state index contributed by atoms with van der Waals surface area (Å²) in [4.78, 5) is 11.9. The van der Waals surface area contributed by atoms with E-state index >= 15 is 0 Å². The number of benzene rings is 3. The maximum Gasteiger partial charge on any atom is 0.412 e. The summed E-state index contributed by atoms with van der Waals surface area (Å²) in [6.07, 6.45) is 1.50. The summed E-state index contributed by atoms with van der Waals surface area (Å²) >= 11 is 5.99. The van der Waals surface area contributed by atoms with Gasteiger partial charge in [-0.3, -0.25) is 5.32 Å². The van der Waals surface area contributed by atoms with E-state index in [-0.39, 0.29) is 5.82 Å². The lowest BCUT2D eigenvalue weighted by Crippen LogP contribution is -2.27. The second-order valence-electron chi connectivity index (χ2n) is 10.1. The fourth-order valence-electron chi connectivity index (χ4n) is 4.07. The number of rotatable bonds is 10. The predicted molar refractivity (Wildman–Crippen MR) is 150 cm³/mol. The number of carbonyl (C=O) groups excluding carboxylic acids is 1. The van der Waals surface area contributed by atoms with Crippen molar-refractivity contribution in [1.82, 2.24) is 9.88 Å². The maximum atomic E-state index is 14.4. The van der Waals surface area contributed by atoms with E-state index < -0.39 is 11.7 Å². The Kier molecular flexibility index (Phi) is 9.05. The molecule has 0 radical (unpaired) electrons. The Labute approximate surface area is 227 Å². The Morgan fingerprint density at radius 1 is 1.00 bits per heavy atom. The van der Waals surface area contributed by atoms with E-state index in [2.05, 4.69) is 10.6 Å². The van der Waals surface area contributed by atoms with Gasteiger partial charge in [0.2, 0.25) is 0 Å². The number of aromatic nitrogens is 1. The lowest BCUT2D eigenvalue weighted by Gasteiger charge is -2.19. The molecule has 0 atom stereocenters. The predicted octanol–water partition coefficient (Wildman–Crippen LogP) is 7.14. The lowest BCUT2D eigenvalue weighted by atomic mass is 10.1. The van der Waals surface area contributed by atoms with Gasteiger partial charge < -0.3 is 19.4 Å². The molecule has 1 amide bonds. The zero-order chi connectivity index (χ0) is 27.1. The minimum atomic E-state index is -0.546. The van der Waals surface area contributed by atoms with Crippen molar-refractivity contribution in [2.45, 2.75) is 46.1 Å². The number of carbonyl (C=O) groups is 1. The normalized spacial score (nSPS) is 11.6. The molecule has 2 N–H and O–H groups in total. The van der Waals surface area contributed by atoms with Crippen molar-refractivity contribution in [3.63, 3.8) is 0 Å². The number of nitrogens with zero attached hydrogens (tertiary/aromatic N) is 1. The molecular weight excluding hydrogens is 505 g/mol. The van der Waals surface area contributed by atoms with E-state index in [1.165, 1.54) is 0 Å². The summed E-state index contributed by atoms with van der Waals surface area (Å²) in [7, 11) is 0. The molecular formula is C30H33ClFN3O3. The van der Waals surface area contributed by atoms with Gasteiger partial charge in [0.25, 0.3) is 0 Å². The highest BCUT2D eigenvalue weighted by Crippen LogP contribution is 2.24. The van der Waals surface area contributed by atoms with Crippen LogP contribution in [-0.2, 0) is 29.2 Å². The maximum absolute atomic E-state index is 14.4. The largest absolute Gasteiger partial charge is 0.444 e. The summed E-state index contributed by atoms with van der Waals surface area (Å²) < 4.78 is 27.5. The van der Waals surface area contributed by atoms with Gasteiger partial charge in [0.1, 0.15) is 11.4 Å². The Morgan fingerprint density at radius 2 is 1.71 bits per heavy atom. The fraction of sp³-hybridized carbons (Fsp3) is 0.300. The number of ether oxygens (including phenoxy) is 2. The van der Waals surface area contributed by atoms with Crippen molar-refractivity contribution in [2.24, 2.45) is 0 Å². The first-order valence-electron chi connectivity index (χ1n) is 12.6. The SMILES string of the molecule is CC(C)(C)OC(=O)Nc1ccc(COCCNCc2cc(F)cc3c2ccn3Cc2ccc(Cl)cc2)cc1. The molecule has 4 rings (SSSR count). The first-order chi connectivity index (χ1) is 18.2. The molecule has 0 aliphatic carbocycles. The first-order valence-corrected chi connectivity index (χ1v) is 12.9. The third-order valence-electron chi connectivity index (χ3n) is 5.81. The summed E-state index contributed by atoms with van der Waals surface area (Å²) in [5, 5.41) is 7.77. The number of fused-ring (bicyclic) bond motifs is 1. The molecule has 200 valence electrons. The van der Waals surface area contributed by atoms with Crippen LogP contribution < -0.4 is 10.6 Å². The summed E-state index contributed by atoms with van der Waals surface area (Å²) in [5.74, 6) is -0.258. The number of hydrogen-bond acceptors (Lipinski definition) is 4. The molecule has 0 fully saturated rings. The van der Waals surface area contributed by atoms with Crippen LogP contribution in [0.15, 0.2) is 72.9 Å². The summed E-state index contributed by atoms with van der Waals surface area (Å²) in [6.45, 7) is 8.22. The van der Waals surface area contributed by atoms with E-state index in [4.69, 9.17) is 21.1 Å². The average Bonchev–Trinajstić information content (AvgIpc) is 3.24. The van der Waals surface area contributed by atoms with Crippen LogP contribution in [0.3, 0.4) is 0 Å². The molecule has 1 heterocycles. The Morgan fingerprint density at radius 3 is 2.42 bits per heavy atom. The fourth-order valence-corrected chi connectivity index (χ4v) is 4.19. The van der Waals surface area contributed by atoms with E-state index in [0.29, 0.717) is 43.6 Å². The standard InChI is InChI=1S/C30H33ClFN3O3/c1-30(2,3)38-29(36)34-26-10-6-22(7-11-26)20-37-15-13-33-18-23-16-25(32)17-28-27(23)12-14-35(28)19-21-4-8-24(31)9-5-21/h4-12,14,16-17,33H,13,15,18-20H2,1-3H3,(H,34,36). The van der Waals surface area contributed by atoms with Crippen LogP contribution in [0.25, 0.3) is 10.9 Å². The number of nitrogens with one attached hydrogen (secondary N) is 2. The third-order valence-corrected chi connectivity index (χ3v) is 6.06. The van der Waals surface area contributed by atoms with Gasteiger partial charge in [-0.1, -0.05) is 35.9 Å². The number of amides is 1. The first kappa shape index (κ1) is 27.6. The molecule has 6 nitrogen and oxygen atoms in total. The topological polar surface area (TPSA) is 64.5 Å². The third kappa shape index (κ3) is 8.05. The van der Waals surface area contributed by atoms with E-state index in [1.54, 1.807) is 12.1 Å². The molecule has 0 bridgehead atoms. The van der Waals surface area contributed by atoms with Crippen LogP contribution in [0.2, 0.25) is 5.02 Å². The van der Waals surface area contributed by atoms with Gasteiger partial charge in [0, 0.05) is 41.9 Å². The highest BCUT2D eigenvalue weighted by molar-refractivity contribution is 6.30. The van der Waals surface area contributed by atoms with E-state index in [0.717, 1.165) is 27.6 Å². The Bertz CT molecular complexity index is 1360. The highest BCUT2D eigenvalue weighted by Gasteiger charge is 2.16. The van der Waals surface area contributed by atoms with Crippen LogP contribution in [0.4, 0.5) is 14.9 Å². The Balaban J connectivity index is 1.23. The monoisotopic (exact) mass is 537 g/mol. The van der Waals surface area contributed by atoms with Crippen molar-refractivity contribution in [3.05, 3.63) is 100 Å². The van der Waals surface area contributed by atoms with Gasteiger partial charge in [-0.05, 0) is 79.9 Å². The van der Waals surface area contributed by atoms with Crippen LogP contribution in [0, 0.1) is 5.82 Å². The minimum Gasteiger partial charge on any atom is -0.444 e. The van der Waals surface area contributed by atoms with Crippen LogP contribution >= 0.6 is 11.6 Å². The van der Waals surface area contributed by atoms with Crippen molar-refractivity contribution in [1.29, 1.82) is 0 Å². The molecule has 0 spiro atoms. The molecule has 0 aliphatic rings. The van der Waals surface area contributed by atoms with Crippen LogP contribution in [0.5, 0.6) is 0 Å². The smallest absolute Gasteiger partial charge is 0.412 e. The molecule has 3 aromatic carbocycles. The van der Waals surface area contributed by atoms with Crippen molar-refractivity contribution < 1.29 is 18.7 Å². The number of halogens is 2. The van der Waals surface area contributed by atoms with Crippen LogP contribution in [-0.4, -0.2) is 29.4 Å². The van der Waals surface area contributed by atoms with Crippen molar-refractivity contribution in [2.75, 3.05) is 18.5 Å². The molecule has 1 aromatic heterocycles. The number of anilines is 1. The molecule has 0 unspecified atom stereocenters. The van der Waals surface area contributed by atoms with E-state index in [1.807, 2.05) is 86.1 Å². The molecule has 0 saturated carbocycles. The van der Waals surface area contributed by atoms with Gasteiger partial charge in [0.15, 0.2) is 0 Å². The van der Waals surface area contributed by atoms with E-state index in [9.17, 15) is 9.18 Å². The average molecular weight is 538 g/mol. The van der Waals surface area contributed by atoms with Crippen molar-refractivity contribution >= 4 is 34.3 Å². The van der Waals surface area contributed by atoms with Gasteiger partial charge in [-0.15, -0.1) is 0 Å². The summed E-state index contributed by atoms with van der Waals surface area (Å²) in [6, 6.07) is 20.3. The lowest BCUT2D eigenvalue weighted by molar-refractivity contribution is 0.0636. The van der Waals surface area contributed by atoms with Gasteiger partial charge >= 0.3 is 6.09 Å². The van der Waals surface area contributed by atoms with Gasteiger partial charge in [-0.25, -0.2) is 9.18 Å². The number of hydrogen-bond donors (Lipinski definition) is 2. The Hall–Kier alpha value is -3.39. The molecule has 38 heavy (non-hydrogen) atoms. The zero-order valence-corrected chi connectivity index (χ0v) is 22.6. The minimum absolute atomic E-state index is 0.258. The van der Waals surface area contributed by atoms with Gasteiger partial charge in [-0.2, -0.15) is 0 Å².